The van der Waals surface area contributed by atoms with Gasteiger partial charge in [-0.25, -0.2) is 4.98 Å². The Hall–Kier alpha value is -2.80. The Morgan fingerprint density at radius 2 is 1.86 bits per heavy atom. The number of pyridine rings is 1. The molecule has 21 heavy (non-hydrogen) atoms. The Labute approximate surface area is 124 Å². The highest BCUT2D eigenvalue weighted by Gasteiger charge is 2.06. The molecule has 4 heteroatoms. The zero-order valence-electron chi connectivity index (χ0n) is 11.3. The van der Waals surface area contributed by atoms with Gasteiger partial charge in [-0.05, 0) is 23.1 Å². The summed E-state index contributed by atoms with van der Waals surface area (Å²) in [5.41, 5.74) is 1.58. The summed E-state index contributed by atoms with van der Waals surface area (Å²) in [6.07, 6.45) is 1.97. The predicted molar refractivity (Wildman–Crippen MR) is 82.4 cm³/mol. The number of nitriles is 1. The fraction of sp³-hybridized carbons (Fsp3) is 0.0588. The fourth-order valence-electron chi connectivity index (χ4n) is 2.23. The Balaban J connectivity index is 2.02. The van der Waals surface area contributed by atoms with Crippen LogP contribution >= 0.6 is 0 Å². The quantitative estimate of drug-likeness (QED) is 0.683. The second-order valence-corrected chi connectivity index (χ2v) is 4.57. The van der Waals surface area contributed by atoms with Crippen molar-refractivity contribution in [2.75, 3.05) is 0 Å². The van der Waals surface area contributed by atoms with Crippen molar-refractivity contribution in [3.8, 4) is 17.7 Å². The number of benzene rings is 2. The monoisotopic (exact) mass is 270 g/mol. The van der Waals surface area contributed by atoms with Crippen molar-refractivity contribution in [1.29, 1.82) is 5.26 Å². The number of nitrogens with zero attached hydrogens (tertiary/aromatic N) is 2. The van der Waals surface area contributed by atoms with E-state index in [0.717, 1.165) is 22.1 Å². The lowest BCUT2D eigenvalue weighted by atomic mass is 9.92. The van der Waals surface area contributed by atoms with E-state index in [-0.39, 0.29) is 0 Å². The van der Waals surface area contributed by atoms with E-state index in [9.17, 15) is 0 Å². The van der Waals surface area contributed by atoms with Gasteiger partial charge >= 0.3 is 0 Å². The lowest BCUT2D eigenvalue weighted by Crippen LogP contribution is -1.91. The fourth-order valence-corrected chi connectivity index (χ4v) is 2.23. The first-order valence-corrected chi connectivity index (χ1v) is 6.56. The molecular weight excluding hydrogens is 259 g/mol. The topological polar surface area (TPSA) is 45.9 Å². The Bertz CT molecular complexity index is 822. The summed E-state index contributed by atoms with van der Waals surface area (Å²) in [6, 6.07) is 17.2. The van der Waals surface area contributed by atoms with Gasteiger partial charge in [-0.3, -0.25) is 0 Å². The van der Waals surface area contributed by atoms with Gasteiger partial charge in [-0.1, -0.05) is 36.7 Å². The van der Waals surface area contributed by atoms with E-state index in [1.807, 2.05) is 42.5 Å². The molecular formula is C17H11BN2O. The highest BCUT2D eigenvalue weighted by molar-refractivity contribution is 6.10. The minimum atomic E-state index is 0.458. The van der Waals surface area contributed by atoms with Crippen LogP contribution in [-0.4, -0.2) is 12.8 Å². The lowest BCUT2D eigenvalue weighted by Gasteiger charge is -2.10. The van der Waals surface area contributed by atoms with Gasteiger partial charge in [0.05, 0.1) is 13.4 Å². The van der Waals surface area contributed by atoms with Gasteiger partial charge in [0.15, 0.2) is 0 Å². The molecule has 0 spiro atoms. The Morgan fingerprint density at radius 3 is 2.57 bits per heavy atom. The average molecular weight is 270 g/mol. The zero-order chi connectivity index (χ0) is 14.7. The van der Waals surface area contributed by atoms with Crippen LogP contribution in [0.25, 0.3) is 10.8 Å². The van der Waals surface area contributed by atoms with Crippen LogP contribution in [0.1, 0.15) is 11.1 Å². The van der Waals surface area contributed by atoms with Crippen molar-refractivity contribution in [1.82, 2.24) is 4.98 Å². The molecule has 2 radical (unpaired) electrons. The predicted octanol–water partition coefficient (Wildman–Crippen LogP) is 3.57. The van der Waals surface area contributed by atoms with Crippen molar-refractivity contribution in [3.05, 3.63) is 65.9 Å². The number of ether oxygens (including phenoxy) is 1. The van der Waals surface area contributed by atoms with Crippen molar-refractivity contribution in [2.24, 2.45) is 0 Å². The van der Waals surface area contributed by atoms with Crippen LogP contribution in [-0.2, 0) is 6.32 Å². The molecule has 1 aromatic heterocycles. The molecule has 0 saturated carbocycles. The van der Waals surface area contributed by atoms with Crippen molar-refractivity contribution in [3.63, 3.8) is 0 Å². The number of aromatic nitrogens is 1. The largest absolute Gasteiger partial charge is 0.438 e. The van der Waals surface area contributed by atoms with E-state index in [1.165, 1.54) is 6.20 Å². The van der Waals surface area contributed by atoms with Crippen molar-refractivity contribution in [2.45, 2.75) is 6.32 Å². The summed E-state index contributed by atoms with van der Waals surface area (Å²) in [4.78, 5) is 4.12. The molecule has 2 aromatic carbocycles. The van der Waals surface area contributed by atoms with E-state index in [2.05, 4.69) is 4.98 Å². The van der Waals surface area contributed by atoms with E-state index in [4.69, 9.17) is 17.8 Å². The van der Waals surface area contributed by atoms with Crippen LogP contribution < -0.4 is 4.74 Å². The molecule has 0 aliphatic rings. The van der Waals surface area contributed by atoms with E-state index in [0.29, 0.717) is 17.8 Å². The van der Waals surface area contributed by atoms with Crippen LogP contribution in [0, 0.1) is 11.3 Å². The number of rotatable bonds is 3. The SMILES string of the molecule is [B]Cc1cccc2c(Oc3ccc(C#N)cn3)cccc12. The van der Waals surface area contributed by atoms with Crippen LogP contribution in [0.4, 0.5) is 0 Å². The third kappa shape index (κ3) is 2.59. The molecule has 1 heterocycles. The molecule has 3 rings (SSSR count). The normalized spacial score (nSPS) is 10.2. The van der Waals surface area contributed by atoms with Crippen molar-refractivity contribution < 1.29 is 4.74 Å². The van der Waals surface area contributed by atoms with Gasteiger partial charge in [0.1, 0.15) is 11.8 Å². The smallest absolute Gasteiger partial charge is 0.219 e. The third-order valence-corrected chi connectivity index (χ3v) is 3.27. The molecule has 0 atom stereocenters. The summed E-state index contributed by atoms with van der Waals surface area (Å²) < 4.78 is 5.83. The Morgan fingerprint density at radius 1 is 1.05 bits per heavy atom. The zero-order valence-corrected chi connectivity index (χ0v) is 11.3. The number of hydrogen-bond acceptors (Lipinski definition) is 3. The number of hydrogen-bond donors (Lipinski definition) is 0. The molecule has 3 aromatic rings. The highest BCUT2D eigenvalue weighted by Crippen LogP contribution is 2.30. The van der Waals surface area contributed by atoms with Gasteiger partial charge in [-0.15, -0.1) is 0 Å². The van der Waals surface area contributed by atoms with Crippen LogP contribution in [0.3, 0.4) is 0 Å². The first-order chi connectivity index (χ1) is 10.3. The second-order valence-electron chi connectivity index (χ2n) is 4.57. The summed E-state index contributed by atoms with van der Waals surface area (Å²) in [5.74, 6) is 1.18. The first kappa shape index (κ1) is 13.2. The van der Waals surface area contributed by atoms with Crippen molar-refractivity contribution >= 4 is 18.6 Å². The molecule has 0 aliphatic heterocycles. The van der Waals surface area contributed by atoms with Gasteiger partial charge in [0.25, 0.3) is 0 Å². The molecule has 0 unspecified atom stereocenters. The summed E-state index contributed by atoms with van der Waals surface area (Å²) in [7, 11) is 5.77. The van der Waals surface area contributed by atoms with Crippen LogP contribution in [0.5, 0.6) is 11.6 Å². The van der Waals surface area contributed by atoms with E-state index >= 15 is 0 Å². The third-order valence-electron chi connectivity index (χ3n) is 3.27. The van der Waals surface area contributed by atoms with E-state index in [1.54, 1.807) is 12.1 Å². The maximum absolute atomic E-state index is 8.77. The molecule has 3 nitrogen and oxygen atoms in total. The maximum Gasteiger partial charge on any atom is 0.219 e. The van der Waals surface area contributed by atoms with E-state index < -0.39 is 0 Å². The van der Waals surface area contributed by atoms with Crippen LogP contribution in [0.2, 0.25) is 0 Å². The molecule has 98 valence electrons. The lowest BCUT2D eigenvalue weighted by molar-refractivity contribution is 0.468. The second kappa shape index (κ2) is 5.68. The molecule has 0 saturated heterocycles. The molecule has 0 aliphatic carbocycles. The highest BCUT2D eigenvalue weighted by atomic mass is 16.5. The molecule has 0 N–H and O–H groups in total. The number of fused-ring (bicyclic) bond motifs is 1. The minimum Gasteiger partial charge on any atom is -0.438 e. The molecule has 0 amide bonds. The van der Waals surface area contributed by atoms with Gasteiger partial charge in [0.2, 0.25) is 5.88 Å². The summed E-state index contributed by atoms with van der Waals surface area (Å²) >= 11 is 0. The average Bonchev–Trinajstić information content (AvgIpc) is 2.55. The summed E-state index contributed by atoms with van der Waals surface area (Å²) in [5, 5.41) is 10.8. The Kier molecular flexibility index (Phi) is 3.57. The van der Waals surface area contributed by atoms with Gasteiger partial charge in [0, 0.05) is 17.6 Å². The first-order valence-electron chi connectivity index (χ1n) is 6.56. The minimum absolute atomic E-state index is 0.458. The molecule has 0 bridgehead atoms. The molecule has 0 fully saturated rings. The van der Waals surface area contributed by atoms with Gasteiger partial charge < -0.3 is 4.74 Å². The summed E-state index contributed by atoms with van der Waals surface area (Å²) in [6.45, 7) is 0. The standard InChI is InChI=1S/C17H11BN2O/c18-9-13-3-1-5-15-14(13)4-2-6-16(15)21-17-8-7-12(10-19)11-20-17/h1-8,11H,9H2. The van der Waals surface area contributed by atoms with Gasteiger partial charge in [-0.2, -0.15) is 5.26 Å². The van der Waals surface area contributed by atoms with Crippen LogP contribution in [0.15, 0.2) is 54.7 Å². The maximum atomic E-state index is 8.77.